The Kier molecular flexibility index (Phi) is 4.51. The number of aromatic nitrogens is 2. The molecule has 2 heterocycles. The van der Waals surface area contributed by atoms with Crippen LogP contribution in [0.4, 0.5) is 4.39 Å². The van der Waals surface area contributed by atoms with Gasteiger partial charge in [0.25, 0.3) is 5.56 Å². The van der Waals surface area contributed by atoms with Gasteiger partial charge in [-0.3, -0.25) is 9.36 Å². The van der Waals surface area contributed by atoms with Crippen LogP contribution in [0.5, 0.6) is 0 Å². The molecule has 2 aromatic heterocycles. The highest BCUT2D eigenvalue weighted by atomic mass is 32.1. The standard InChI is InChI=1S/C18H20FN3OS/c1-11-12(2)24-17-16(11)18(23)22(15(20-17)10-21(3)4)9-13-7-5-6-8-14(13)19/h5-8H,9-10H2,1-4H3. The van der Waals surface area contributed by atoms with Gasteiger partial charge in [-0.25, -0.2) is 9.37 Å². The fourth-order valence-corrected chi connectivity index (χ4v) is 3.77. The van der Waals surface area contributed by atoms with Gasteiger partial charge < -0.3 is 4.90 Å². The molecule has 3 rings (SSSR count). The number of thiophene rings is 1. The lowest BCUT2D eigenvalue weighted by Gasteiger charge is -2.16. The van der Waals surface area contributed by atoms with Gasteiger partial charge in [-0.1, -0.05) is 18.2 Å². The smallest absolute Gasteiger partial charge is 0.262 e. The first-order valence-corrected chi connectivity index (χ1v) is 8.57. The van der Waals surface area contributed by atoms with Crippen molar-refractivity contribution in [3.05, 3.63) is 62.3 Å². The normalized spacial score (nSPS) is 11.6. The maximum Gasteiger partial charge on any atom is 0.262 e. The van der Waals surface area contributed by atoms with E-state index in [1.807, 2.05) is 32.8 Å². The molecule has 0 saturated carbocycles. The van der Waals surface area contributed by atoms with Gasteiger partial charge in [0.1, 0.15) is 16.5 Å². The number of nitrogens with zero attached hydrogens (tertiary/aromatic N) is 3. The van der Waals surface area contributed by atoms with Crippen LogP contribution in [0, 0.1) is 19.7 Å². The number of halogens is 1. The Balaban J connectivity index is 2.23. The molecule has 24 heavy (non-hydrogen) atoms. The fourth-order valence-electron chi connectivity index (χ4n) is 2.73. The number of benzene rings is 1. The molecule has 1 aromatic carbocycles. The molecular weight excluding hydrogens is 325 g/mol. The van der Waals surface area contributed by atoms with E-state index in [2.05, 4.69) is 0 Å². The molecule has 6 heteroatoms. The van der Waals surface area contributed by atoms with Crippen molar-refractivity contribution in [2.75, 3.05) is 14.1 Å². The summed E-state index contributed by atoms with van der Waals surface area (Å²) < 4.78 is 15.7. The van der Waals surface area contributed by atoms with Gasteiger partial charge in [0, 0.05) is 10.4 Å². The van der Waals surface area contributed by atoms with Crippen molar-refractivity contribution in [1.29, 1.82) is 0 Å². The predicted molar refractivity (Wildman–Crippen MR) is 96.2 cm³/mol. The highest BCUT2D eigenvalue weighted by Crippen LogP contribution is 2.26. The lowest BCUT2D eigenvalue weighted by atomic mass is 10.2. The van der Waals surface area contributed by atoms with E-state index in [9.17, 15) is 9.18 Å². The van der Waals surface area contributed by atoms with E-state index >= 15 is 0 Å². The predicted octanol–water partition coefficient (Wildman–Crippen LogP) is 3.32. The highest BCUT2D eigenvalue weighted by Gasteiger charge is 2.17. The summed E-state index contributed by atoms with van der Waals surface area (Å²) in [6.45, 7) is 4.64. The number of rotatable bonds is 4. The van der Waals surface area contributed by atoms with Crippen molar-refractivity contribution in [2.45, 2.75) is 26.9 Å². The summed E-state index contributed by atoms with van der Waals surface area (Å²) in [4.78, 5) is 21.6. The van der Waals surface area contributed by atoms with Crippen molar-refractivity contribution < 1.29 is 4.39 Å². The molecule has 0 atom stereocenters. The number of aryl methyl sites for hydroxylation is 2. The monoisotopic (exact) mass is 345 g/mol. The summed E-state index contributed by atoms with van der Waals surface area (Å²) in [7, 11) is 3.85. The molecule has 4 nitrogen and oxygen atoms in total. The minimum Gasteiger partial charge on any atom is -0.302 e. The fraction of sp³-hybridized carbons (Fsp3) is 0.333. The molecule has 0 unspecified atom stereocenters. The number of hydrogen-bond donors (Lipinski definition) is 0. The van der Waals surface area contributed by atoms with Gasteiger partial charge in [-0.2, -0.15) is 0 Å². The zero-order valence-corrected chi connectivity index (χ0v) is 15.1. The largest absolute Gasteiger partial charge is 0.302 e. The van der Waals surface area contributed by atoms with Gasteiger partial charge in [-0.15, -0.1) is 11.3 Å². The molecule has 0 aliphatic carbocycles. The van der Waals surface area contributed by atoms with Gasteiger partial charge >= 0.3 is 0 Å². The minimum atomic E-state index is -0.307. The van der Waals surface area contributed by atoms with E-state index < -0.39 is 0 Å². The SMILES string of the molecule is Cc1sc2nc(CN(C)C)n(Cc3ccccc3F)c(=O)c2c1C. The molecule has 0 aliphatic rings. The third-order valence-electron chi connectivity index (χ3n) is 4.11. The summed E-state index contributed by atoms with van der Waals surface area (Å²) in [5.74, 6) is 0.348. The average molecular weight is 345 g/mol. The van der Waals surface area contributed by atoms with E-state index in [4.69, 9.17) is 4.98 Å². The summed E-state index contributed by atoms with van der Waals surface area (Å²) in [5, 5.41) is 0.649. The molecule has 0 amide bonds. The second-order valence-electron chi connectivity index (χ2n) is 6.21. The van der Waals surface area contributed by atoms with Crippen LogP contribution in [0.3, 0.4) is 0 Å². The summed E-state index contributed by atoms with van der Waals surface area (Å²) in [6, 6.07) is 6.55. The van der Waals surface area contributed by atoms with Crippen LogP contribution < -0.4 is 5.56 Å². The van der Waals surface area contributed by atoms with E-state index in [0.29, 0.717) is 23.3 Å². The maximum absolute atomic E-state index is 14.1. The van der Waals surface area contributed by atoms with E-state index in [-0.39, 0.29) is 17.9 Å². The van der Waals surface area contributed by atoms with Crippen LogP contribution in [0.2, 0.25) is 0 Å². The van der Waals surface area contributed by atoms with Crippen LogP contribution >= 0.6 is 11.3 Å². The summed E-state index contributed by atoms with van der Waals surface area (Å²) in [5.41, 5.74) is 1.36. The zero-order valence-electron chi connectivity index (χ0n) is 14.3. The summed E-state index contributed by atoms with van der Waals surface area (Å²) >= 11 is 1.54. The molecule has 0 spiro atoms. The quantitative estimate of drug-likeness (QED) is 0.728. The Labute approximate surface area is 144 Å². The van der Waals surface area contributed by atoms with E-state index in [1.54, 1.807) is 22.8 Å². The van der Waals surface area contributed by atoms with Crippen molar-refractivity contribution in [3.63, 3.8) is 0 Å². The summed E-state index contributed by atoms with van der Waals surface area (Å²) in [6.07, 6.45) is 0. The van der Waals surface area contributed by atoms with Gasteiger partial charge in [-0.05, 0) is 39.6 Å². The molecule has 3 aromatic rings. The lowest BCUT2D eigenvalue weighted by molar-refractivity contribution is 0.378. The lowest BCUT2D eigenvalue weighted by Crippen LogP contribution is -2.29. The first-order valence-electron chi connectivity index (χ1n) is 7.76. The molecular formula is C18H20FN3OS. The third-order valence-corrected chi connectivity index (χ3v) is 5.21. The van der Waals surface area contributed by atoms with Crippen LogP contribution in [-0.4, -0.2) is 28.5 Å². The first-order chi connectivity index (χ1) is 11.4. The Hall–Kier alpha value is -2.05. The van der Waals surface area contributed by atoms with Crippen LogP contribution in [0.1, 0.15) is 21.8 Å². The van der Waals surface area contributed by atoms with Crippen LogP contribution in [0.15, 0.2) is 29.1 Å². The van der Waals surface area contributed by atoms with Crippen molar-refractivity contribution in [3.8, 4) is 0 Å². The molecule has 126 valence electrons. The number of fused-ring (bicyclic) bond motifs is 1. The molecule has 0 radical (unpaired) electrons. The van der Waals surface area contributed by atoms with E-state index in [0.717, 1.165) is 15.3 Å². The Morgan fingerprint density at radius 3 is 2.62 bits per heavy atom. The van der Waals surface area contributed by atoms with Crippen molar-refractivity contribution >= 4 is 21.6 Å². The van der Waals surface area contributed by atoms with Crippen molar-refractivity contribution in [1.82, 2.24) is 14.5 Å². The molecule has 0 saturated heterocycles. The third kappa shape index (κ3) is 2.99. The van der Waals surface area contributed by atoms with Gasteiger partial charge in [0.2, 0.25) is 0 Å². The van der Waals surface area contributed by atoms with Crippen LogP contribution in [-0.2, 0) is 13.1 Å². The molecule has 0 fully saturated rings. The highest BCUT2D eigenvalue weighted by molar-refractivity contribution is 7.18. The average Bonchev–Trinajstić information content (AvgIpc) is 2.79. The number of hydrogen-bond acceptors (Lipinski definition) is 4. The Bertz CT molecular complexity index is 959. The van der Waals surface area contributed by atoms with Crippen molar-refractivity contribution in [2.24, 2.45) is 0 Å². The maximum atomic E-state index is 14.1. The topological polar surface area (TPSA) is 38.1 Å². The second kappa shape index (κ2) is 6.45. The Morgan fingerprint density at radius 2 is 1.96 bits per heavy atom. The zero-order chi connectivity index (χ0) is 17.4. The van der Waals surface area contributed by atoms with E-state index in [1.165, 1.54) is 17.4 Å². The minimum absolute atomic E-state index is 0.0954. The Morgan fingerprint density at radius 1 is 1.25 bits per heavy atom. The van der Waals surface area contributed by atoms with Gasteiger partial charge in [0.15, 0.2) is 0 Å². The molecule has 0 bridgehead atoms. The molecule has 0 aliphatic heterocycles. The van der Waals surface area contributed by atoms with Gasteiger partial charge in [0.05, 0.1) is 18.5 Å². The first kappa shape index (κ1) is 16.8. The molecule has 0 N–H and O–H groups in total. The van der Waals surface area contributed by atoms with Crippen LogP contribution in [0.25, 0.3) is 10.2 Å². The second-order valence-corrected chi connectivity index (χ2v) is 7.42.